The number of para-hydroxylation sites is 2. The van der Waals surface area contributed by atoms with Crippen LogP contribution >= 0.6 is 11.3 Å². The van der Waals surface area contributed by atoms with Gasteiger partial charge >= 0.3 is 0 Å². The Hall–Kier alpha value is -2.41. The molecule has 1 heterocycles. The summed E-state index contributed by atoms with van der Waals surface area (Å²) in [6.07, 6.45) is 4.25. The number of hydrogen-bond acceptors (Lipinski definition) is 5. The van der Waals surface area contributed by atoms with Gasteiger partial charge in [-0.25, -0.2) is 4.98 Å². The number of ether oxygens (including phenoxy) is 1. The molecular formula is C20H25N3O3S. The van der Waals surface area contributed by atoms with Gasteiger partial charge in [0.25, 0.3) is 0 Å². The van der Waals surface area contributed by atoms with E-state index in [0.29, 0.717) is 18.0 Å². The quantitative estimate of drug-likeness (QED) is 0.711. The van der Waals surface area contributed by atoms with Gasteiger partial charge in [-0.3, -0.25) is 9.59 Å². The van der Waals surface area contributed by atoms with Gasteiger partial charge in [0.05, 0.1) is 24.0 Å². The van der Waals surface area contributed by atoms with Gasteiger partial charge < -0.3 is 15.4 Å². The molecule has 7 heteroatoms. The van der Waals surface area contributed by atoms with Crippen molar-refractivity contribution in [2.24, 2.45) is 0 Å². The van der Waals surface area contributed by atoms with Crippen LogP contribution in [0.4, 0.5) is 5.69 Å². The zero-order valence-electron chi connectivity index (χ0n) is 15.7. The predicted molar refractivity (Wildman–Crippen MR) is 106 cm³/mol. The van der Waals surface area contributed by atoms with E-state index in [1.54, 1.807) is 23.5 Å². The molecule has 0 saturated carbocycles. The molecule has 6 nitrogen and oxygen atoms in total. The molecule has 0 radical (unpaired) electrons. The van der Waals surface area contributed by atoms with Crippen molar-refractivity contribution in [3.05, 3.63) is 39.8 Å². The summed E-state index contributed by atoms with van der Waals surface area (Å²) in [5, 5.41) is 6.53. The SMILES string of the molecule is CCOc1ccccc1NC(=O)CC(=O)NC(C)c1nc2c(s1)CCCC2. The Labute approximate surface area is 163 Å². The van der Waals surface area contributed by atoms with E-state index in [9.17, 15) is 9.59 Å². The molecule has 0 aliphatic heterocycles. The lowest BCUT2D eigenvalue weighted by atomic mass is 10.0. The molecule has 1 unspecified atom stereocenters. The van der Waals surface area contributed by atoms with E-state index in [0.717, 1.165) is 17.8 Å². The fourth-order valence-electron chi connectivity index (χ4n) is 3.10. The average molecular weight is 388 g/mol. The number of anilines is 1. The number of amides is 2. The number of benzene rings is 1. The number of carbonyl (C=O) groups excluding carboxylic acids is 2. The average Bonchev–Trinajstić information content (AvgIpc) is 3.07. The Kier molecular flexibility index (Phi) is 6.45. The van der Waals surface area contributed by atoms with Crippen molar-refractivity contribution in [2.75, 3.05) is 11.9 Å². The van der Waals surface area contributed by atoms with Crippen LogP contribution in [-0.2, 0) is 22.4 Å². The summed E-state index contributed by atoms with van der Waals surface area (Å²) < 4.78 is 5.48. The zero-order valence-corrected chi connectivity index (χ0v) is 16.5. The summed E-state index contributed by atoms with van der Waals surface area (Å²) in [6.45, 7) is 4.29. The van der Waals surface area contributed by atoms with Crippen LogP contribution in [0.25, 0.3) is 0 Å². The minimum absolute atomic E-state index is 0.198. The van der Waals surface area contributed by atoms with E-state index in [4.69, 9.17) is 4.74 Å². The van der Waals surface area contributed by atoms with Gasteiger partial charge in [0, 0.05) is 4.88 Å². The van der Waals surface area contributed by atoms with Crippen molar-refractivity contribution < 1.29 is 14.3 Å². The summed E-state index contributed by atoms with van der Waals surface area (Å²) in [7, 11) is 0. The van der Waals surface area contributed by atoms with Crippen molar-refractivity contribution in [1.82, 2.24) is 10.3 Å². The van der Waals surface area contributed by atoms with E-state index in [-0.39, 0.29) is 24.3 Å². The van der Waals surface area contributed by atoms with Crippen molar-refractivity contribution in [3.63, 3.8) is 0 Å². The Bertz CT molecular complexity index is 795. The molecule has 0 saturated heterocycles. The van der Waals surface area contributed by atoms with Gasteiger partial charge in [-0.1, -0.05) is 12.1 Å². The number of nitrogens with one attached hydrogen (secondary N) is 2. The minimum atomic E-state index is -0.370. The van der Waals surface area contributed by atoms with Crippen LogP contribution in [0.5, 0.6) is 5.75 Å². The molecule has 0 spiro atoms. The monoisotopic (exact) mass is 387 g/mol. The molecule has 1 aromatic heterocycles. The van der Waals surface area contributed by atoms with Crippen LogP contribution < -0.4 is 15.4 Å². The molecule has 1 atom stereocenters. The highest BCUT2D eigenvalue weighted by atomic mass is 32.1. The number of hydrogen-bond donors (Lipinski definition) is 2. The first-order valence-electron chi connectivity index (χ1n) is 9.36. The van der Waals surface area contributed by atoms with E-state index in [1.165, 1.54) is 23.4 Å². The van der Waals surface area contributed by atoms with Gasteiger partial charge in [-0.05, 0) is 51.7 Å². The highest BCUT2D eigenvalue weighted by Crippen LogP contribution is 2.29. The fourth-order valence-corrected chi connectivity index (χ4v) is 4.26. The van der Waals surface area contributed by atoms with Gasteiger partial charge in [-0.2, -0.15) is 0 Å². The Morgan fingerprint density at radius 2 is 2.00 bits per heavy atom. The molecule has 0 bridgehead atoms. The molecule has 144 valence electrons. The second-order valence-electron chi connectivity index (χ2n) is 6.57. The smallest absolute Gasteiger partial charge is 0.233 e. The maximum absolute atomic E-state index is 12.3. The second kappa shape index (κ2) is 8.99. The third kappa shape index (κ3) is 5.07. The van der Waals surface area contributed by atoms with Crippen molar-refractivity contribution in [2.45, 2.75) is 52.0 Å². The number of thiazole rings is 1. The third-order valence-electron chi connectivity index (χ3n) is 4.39. The molecule has 0 fully saturated rings. The molecule has 2 amide bonds. The molecule has 2 aromatic rings. The van der Waals surface area contributed by atoms with Crippen molar-refractivity contribution in [1.29, 1.82) is 0 Å². The molecule has 1 aliphatic carbocycles. The van der Waals surface area contributed by atoms with Crippen molar-refractivity contribution >= 4 is 28.8 Å². The first-order valence-corrected chi connectivity index (χ1v) is 10.2. The topological polar surface area (TPSA) is 80.3 Å². The zero-order chi connectivity index (χ0) is 19.2. The number of fused-ring (bicyclic) bond motifs is 1. The largest absolute Gasteiger partial charge is 0.492 e. The maximum Gasteiger partial charge on any atom is 0.233 e. The first-order chi connectivity index (χ1) is 13.1. The predicted octanol–water partition coefficient (Wildman–Crippen LogP) is 3.63. The Balaban J connectivity index is 1.54. The first kappa shape index (κ1) is 19.4. The molecule has 2 N–H and O–H groups in total. The highest BCUT2D eigenvalue weighted by molar-refractivity contribution is 7.11. The van der Waals surface area contributed by atoms with Crippen LogP contribution in [0.15, 0.2) is 24.3 Å². The lowest BCUT2D eigenvalue weighted by Gasteiger charge is -2.13. The number of aromatic nitrogens is 1. The van der Waals surface area contributed by atoms with Crippen molar-refractivity contribution in [3.8, 4) is 5.75 Å². The Morgan fingerprint density at radius 1 is 1.22 bits per heavy atom. The van der Waals surface area contributed by atoms with Crippen LogP contribution in [0, 0.1) is 0 Å². The summed E-state index contributed by atoms with van der Waals surface area (Å²) >= 11 is 1.67. The normalized spacial score (nSPS) is 14.1. The summed E-state index contributed by atoms with van der Waals surface area (Å²) in [6, 6.07) is 6.99. The van der Waals surface area contributed by atoms with Crippen LogP contribution in [0.3, 0.4) is 0 Å². The summed E-state index contributed by atoms with van der Waals surface area (Å²) in [5.41, 5.74) is 1.74. The summed E-state index contributed by atoms with van der Waals surface area (Å²) in [5.74, 6) is -0.0946. The second-order valence-corrected chi connectivity index (χ2v) is 7.69. The maximum atomic E-state index is 12.3. The molecule has 3 rings (SSSR count). The van der Waals surface area contributed by atoms with Gasteiger partial charge in [0.1, 0.15) is 17.2 Å². The standard InChI is InChI=1S/C20H25N3O3S/c1-3-26-16-10-6-4-8-14(16)22-19(25)12-18(24)21-13(2)20-23-15-9-5-7-11-17(15)27-20/h4,6,8,10,13H,3,5,7,9,11-12H2,1-2H3,(H,21,24)(H,22,25). The van der Waals surface area contributed by atoms with Crippen LogP contribution in [-0.4, -0.2) is 23.4 Å². The van der Waals surface area contributed by atoms with E-state index < -0.39 is 0 Å². The van der Waals surface area contributed by atoms with Gasteiger partial charge in [-0.15, -0.1) is 11.3 Å². The highest BCUT2D eigenvalue weighted by Gasteiger charge is 2.20. The van der Waals surface area contributed by atoms with E-state index in [2.05, 4.69) is 15.6 Å². The fraction of sp³-hybridized carbons (Fsp3) is 0.450. The summed E-state index contributed by atoms with van der Waals surface area (Å²) in [4.78, 5) is 30.5. The number of carbonyl (C=O) groups is 2. The minimum Gasteiger partial charge on any atom is -0.492 e. The van der Waals surface area contributed by atoms with Gasteiger partial charge in [0.15, 0.2) is 0 Å². The van der Waals surface area contributed by atoms with E-state index >= 15 is 0 Å². The molecule has 1 aromatic carbocycles. The lowest BCUT2D eigenvalue weighted by Crippen LogP contribution is -2.30. The van der Waals surface area contributed by atoms with Crippen LogP contribution in [0.2, 0.25) is 0 Å². The molecular weight excluding hydrogens is 362 g/mol. The van der Waals surface area contributed by atoms with Crippen LogP contribution in [0.1, 0.15) is 54.7 Å². The lowest BCUT2D eigenvalue weighted by molar-refractivity contribution is -0.127. The number of nitrogens with zero attached hydrogens (tertiary/aromatic N) is 1. The number of aryl methyl sites for hydroxylation is 2. The molecule has 27 heavy (non-hydrogen) atoms. The number of rotatable bonds is 7. The molecule has 1 aliphatic rings. The van der Waals surface area contributed by atoms with E-state index in [1.807, 2.05) is 26.0 Å². The third-order valence-corrected chi connectivity index (χ3v) is 5.73. The Morgan fingerprint density at radius 3 is 2.78 bits per heavy atom. The van der Waals surface area contributed by atoms with Gasteiger partial charge in [0.2, 0.25) is 11.8 Å².